The maximum absolute atomic E-state index is 5.74. The van der Waals surface area contributed by atoms with Gasteiger partial charge in [0.15, 0.2) is 0 Å². The van der Waals surface area contributed by atoms with Crippen LogP contribution in [-0.4, -0.2) is 31.1 Å². The Hall–Kier alpha value is -1.22. The molecule has 3 nitrogen and oxygen atoms in total. The second-order valence-electron chi connectivity index (χ2n) is 5.92. The zero-order valence-electron chi connectivity index (χ0n) is 12.2. The largest absolute Gasteiger partial charge is 0.492 e. The van der Waals surface area contributed by atoms with E-state index in [-0.39, 0.29) is 0 Å². The molecule has 19 heavy (non-hydrogen) atoms. The number of nitrogens with two attached hydrogens (primary N) is 1. The van der Waals surface area contributed by atoms with E-state index in [1.54, 1.807) is 0 Å². The maximum Gasteiger partial charge on any atom is 0.119 e. The van der Waals surface area contributed by atoms with E-state index in [1.807, 2.05) is 24.3 Å². The van der Waals surface area contributed by atoms with Crippen molar-refractivity contribution in [1.29, 1.82) is 0 Å². The lowest BCUT2D eigenvalue weighted by Gasteiger charge is -2.38. The van der Waals surface area contributed by atoms with Crippen molar-refractivity contribution >= 4 is 5.69 Å². The van der Waals surface area contributed by atoms with Crippen LogP contribution in [0.5, 0.6) is 5.75 Å². The number of likely N-dealkylation sites (tertiary alicyclic amines) is 1. The van der Waals surface area contributed by atoms with E-state index in [2.05, 4.69) is 18.7 Å². The second kappa shape index (κ2) is 6.29. The lowest BCUT2D eigenvalue weighted by molar-refractivity contribution is 0.101. The Bertz CT molecular complexity index is 380. The highest BCUT2D eigenvalue weighted by Gasteiger charge is 2.27. The molecule has 1 saturated heterocycles. The van der Waals surface area contributed by atoms with Crippen LogP contribution < -0.4 is 10.5 Å². The van der Waals surface area contributed by atoms with E-state index in [1.165, 1.54) is 32.4 Å². The number of hydrogen-bond acceptors (Lipinski definition) is 3. The van der Waals surface area contributed by atoms with Gasteiger partial charge in [-0.15, -0.1) is 0 Å². The third kappa shape index (κ3) is 4.13. The van der Waals surface area contributed by atoms with Crippen molar-refractivity contribution in [3.8, 4) is 5.75 Å². The molecule has 1 aliphatic heterocycles. The zero-order chi connectivity index (χ0) is 13.7. The van der Waals surface area contributed by atoms with Crippen molar-refractivity contribution in [3.05, 3.63) is 24.3 Å². The summed E-state index contributed by atoms with van der Waals surface area (Å²) in [5, 5.41) is 0. The van der Waals surface area contributed by atoms with Crippen LogP contribution >= 0.6 is 0 Å². The van der Waals surface area contributed by atoms with Gasteiger partial charge in [-0.3, -0.25) is 4.90 Å². The molecule has 0 saturated carbocycles. The van der Waals surface area contributed by atoms with Gasteiger partial charge in [0.1, 0.15) is 12.4 Å². The Labute approximate surface area is 116 Å². The van der Waals surface area contributed by atoms with Crippen LogP contribution in [0.4, 0.5) is 5.69 Å². The molecule has 2 rings (SSSR count). The van der Waals surface area contributed by atoms with Gasteiger partial charge in [-0.05, 0) is 55.6 Å². The van der Waals surface area contributed by atoms with Crippen molar-refractivity contribution in [3.63, 3.8) is 0 Å². The number of ether oxygens (including phenoxy) is 1. The van der Waals surface area contributed by atoms with E-state index in [0.717, 1.165) is 24.6 Å². The highest BCUT2D eigenvalue weighted by atomic mass is 16.5. The summed E-state index contributed by atoms with van der Waals surface area (Å²) in [6.45, 7) is 8.90. The minimum absolute atomic E-state index is 0.564. The number of piperidine rings is 1. The van der Waals surface area contributed by atoms with Crippen LogP contribution in [0.2, 0.25) is 0 Å². The monoisotopic (exact) mass is 262 g/mol. The lowest BCUT2D eigenvalue weighted by Crippen LogP contribution is -2.40. The van der Waals surface area contributed by atoms with E-state index in [9.17, 15) is 0 Å². The highest BCUT2D eigenvalue weighted by molar-refractivity contribution is 5.41. The Balaban J connectivity index is 1.68. The van der Waals surface area contributed by atoms with E-state index in [4.69, 9.17) is 10.5 Å². The van der Waals surface area contributed by atoms with Crippen LogP contribution in [0, 0.1) is 5.41 Å². The summed E-state index contributed by atoms with van der Waals surface area (Å²) in [5.74, 6) is 0.907. The SMILES string of the molecule is CCC1(C)CCN(CCOc2ccc(N)cc2)CC1. The topological polar surface area (TPSA) is 38.5 Å². The predicted molar refractivity (Wildman–Crippen MR) is 80.4 cm³/mol. The lowest BCUT2D eigenvalue weighted by atomic mass is 9.78. The van der Waals surface area contributed by atoms with Gasteiger partial charge in [0.05, 0.1) is 0 Å². The van der Waals surface area contributed by atoms with Crippen molar-refractivity contribution in [1.82, 2.24) is 4.90 Å². The van der Waals surface area contributed by atoms with Gasteiger partial charge in [0, 0.05) is 12.2 Å². The molecule has 1 aromatic rings. The fourth-order valence-corrected chi connectivity index (χ4v) is 2.53. The van der Waals surface area contributed by atoms with Crippen molar-refractivity contribution < 1.29 is 4.74 Å². The average molecular weight is 262 g/mol. The Morgan fingerprint density at radius 2 is 1.84 bits per heavy atom. The van der Waals surface area contributed by atoms with Gasteiger partial charge in [-0.25, -0.2) is 0 Å². The number of nitrogens with zero attached hydrogens (tertiary/aromatic N) is 1. The molecule has 106 valence electrons. The zero-order valence-corrected chi connectivity index (χ0v) is 12.2. The molecule has 0 spiro atoms. The fraction of sp³-hybridized carbons (Fsp3) is 0.625. The summed E-state index contributed by atoms with van der Waals surface area (Å²) in [6.07, 6.45) is 3.92. The van der Waals surface area contributed by atoms with Crippen molar-refractivity contribution in [2.45, 2.75) is 33.1 Å². The van der Waals surface area contributed by atoms with Gasteiger partial charge < -0.3 is 10.5 Å². The molecule has 1 heterocycles. The summed E-state index contributed by atoms with van der Waals surface area (Å²) in [7, 11) is 0. The molecule has 1 fully saturated rings. The second-order valence-corrected chi connectivity index (χ2v) is 5.92. The van der Waals surface area contributed by atoms with Crippen molar-refractivity contribution in [2.24, 2.45) is 5.41 Å². The minimum atomic E-state index is 0.564. The predicted octanol–water partition coefficient (Wildman–Crippen LogP) is 3.16. The first-order valence-corrected chi connectivity index (χ1v) is 7.32. The smallest absolute Gasteiger partial charge is 0.119 e. The third-order valence-corrected chi connectivity index (χ3v) is 4.47. The number of anilines is 1. The molecule has 0 aliphatic carbocycles. The molecule has 0 bridgehead atoms. The summed E-state index contributed by atoms with van der Waals surface area (Å²) in [4.78, 5) is 2.51. The number of nitrogen functional groups attached to an aromatic ring is 1. The van der Waals surface area contributed by atoms with Gasteiger partial charge in [-0.2, -0.15) is 0 Å². The molecule has 0 atom stereocenters. The third-order valence-electron chi connectivity index (χ3n) is 4.47. The summed E-state index contributed by atoms with van der Waals surface area (Å²) < 4.78 is 5.74. The quantitative estimate of drug-likeness (QED) is 0.828. The van der Waals surface area contributed by atoms with Crippen LogP contribution in [0.15, 0.2) is 24.3 Å². The molecular formula is C16H26N2O. The van der Waals surface area contributed by atoms with E-state index >= 15 is 0 Å². The first-order chi connectivity index (χ1) is 9.11. The molecule has 0 unspecified atom stereocenters. The van der Waals surface area contributed by atoms with E-state index < -0.39 is 0 Å². The Kier molecular flexibility index (Phi) is 4.70. The van der Waals surface area contributed by atoms with Crippen LogP contribution in [0.3, 0.4) is 0 Å². The van der Waals surface area contributed by atoms with E-state index in [0.29, 0.717) is 5.41 Å². The molecule has 2 N–H and O–H groups in total. The molecule has 0 aromatic heterocycles. The van der Waals surface area contributed by atoms with Crippen molar-refractivity contribution in [2.75, 3.05) is 32.0 Å². The van der Waals surface area contributed by atoms with Gasteiger partial charge in [0.2, 0.25) is 0 Å². The molecule has 0 radical (unpaired) electrons. The van der Waals surface area contributed by atoms with Crippen LogP contribution in [0.1, 0.15) is 33.1 Å². The average Bonchev–Trinajstić information content (AvgIpc) is 2.43. The van der Waals surface area contributed by atoms with Crippen LogP contribution in [0.25, 0.3) is 0 Å². The Morgan fingerprint density at radius 1 is 1.21 bits per heavy atom. The molecule has 3 heteroatoms. The number of rotatable bonds is 5. The minimum Gasteiger partial charge on any atom is -0.492 e. The molecule has 0 amide bonds. The fourth-order valence-electron chi connectivity index (χ4n) is 2.53. The van der Waals surface area contributed by atoms with Crippen LogP contribution in [-0.2, 0) is 0 Å². The van der Waals surface area contributed by atoms with Gasteiger partial charge >= 0.3 is 0 Å². The summed E-state index contributed by atoms with van der Waals surface area (Å²) in [6, 6.07) is 7.62. The summed E-state index contributed by atoms with van der Waals surface area (Å²) in [5.41, 5.74) is 6.99. The first-order valence-electron chi connectivity index (χ1n) is 7.32. The van der Waals surface area contributed by atoms with Gasteiger partial charge in [0.25, 0.3) is 0 Å². The summed E-state index contributed by atoms with van der Waals surface area (Å²) >= 11 is 0. The standard InChI is InChI=1S/C16H26N2O/c1-3-16(2)8-10-18(11-9-16)12-13-19-15-6-4-14(17)5-7-15/h4-7H,3,8-13,17H2,1-2H3. The first kappa shape index (κ1) is 14.2. The normalized spacial score (nSPS) is 19.3. The van der Waals surface area contributed by atoms with Gasteiger partial charge in [-0.1, -0.05) is 20.3 Å². The highest BCUT2D eigenvalue weighted by Crippen LogP contribution is 2.33. The Morgan fingerprint density at radius 3 is 2.42 bits per heavy atom. The number of hydrogen-bond donors (Lipinski definition) is 1. The maximum atomic E-state index is 5.74. The molecule has 1 aromatic carbocycles. The molecule has 1 aliphatic rings. The number of benzene rings is 1. The molecular weight excluding hydrogens is 236 g/mol.